The number of benzene rings is 1. The number of nitrogens with zero attached hydrogens (tertiary/aromatic N) is 1. The van der Waals surface area contributed by atoms with Gasteiger partial charge in [0.05, 0.1) is 5.69 Å². The van der Waals surface area contributed by atoms with E-state index in [4.69, 9.17) is 0 Å². The summed E-state index contributed by atoms with van der Waals surface area (Å²) in [5, 5.41) is 0. The molecule has 0 aliphatic heterocycles. The van der Waals surface area contributed by atoms with Crippen LogP contribution < -0.4 is 0 Å². The molecule has 0 saturated carbocycles. The third-order valence-corrected chi connectivity index (χ3v) is 2.40. The molecule has 0 aliphatic rings. The van der Waals surface area contributed by atoms with Gasteiger partial charge in [-0.25, -0.2) is 8.78 Å². The van der Waals surface area contributed by atoms with Gasteiger partial charge < -0.3 is 0 Å². The Labute approximate surface area is 92.8 Å². The lowest BCUT2D eigenvalue weighted by molar-refractivity contribution is 0.464. The Morgan fingerprint density at radius 2 is 2.00 bits per heavy atom. The van der Waals surface area contributed by atoms with Gasteiger partial charge in [-0.1, -0.05) is 18.2 Å². The van der Waals surface area contributed by atoms with Crippen LogP contribution in [0.5, 0.6) is 0 Å². The number of aromatic nitrogens is 1. The van der Waals surface area contributed by atoms with E-state index in [9.17, 15) is 8.78 Å². The average Bonchev–Trinajstić information content (AvgIpc) is 2.30. The lowest BCUT2D eigenvalue weighted by Crippen LogP contribution is -1.89. The van der Waals surface area contributed by atoms with Crippen LogP contribution in [0, 0.1) is 12.7 Å². The Balaban J connectivity index is 2.41. The standard InChI is InChI=1S/C13H11F2N/c1-9-2-5-13(16-8-9)10-3-4-11(7-14)12(15)6-10/h2-6,8H,7H2,1H3. The van der Waals surface area contributed by atoms with E-state index in [2.05, 4.69) is 4.98 Å². The Morgan fingerprint density at radius 1 is 1.19 bits per heavy atom. The predicted molar refractivity (Wildman–Crippen MR) is 59.2 cm³/mol. The van der Waals surface area contributed by atoms with Crippen molar-refractivity contribution in [3.8, 4) is 11.3 Å². The van der Waals surface area contributed by atoms with E-state index >= 15 is 0 Å². The molecule has 0 atom stereocenters. The fourth-order valence-corrected chi connectivity index (χ4v) is 1.45. The molecule has 0 unspecified atom stereocenters. The second-order valence-corrected chi connectivity index (χ2v) is 3.66. The number of rotatable bonds is 2. The van der Waals surface area contributed by atoms with Gasteiger partial charge >= 0.3 is 0 Å². The highest BCUT2D eigenvalue weighted by atomic mass is 19.1. The van der Waals surface area contributed by atoms with Crippen molar-refractivity contribution in [3.63, 3.8) is 0 Å². The molecule has 1 aromatic carbocycles. The molecule has 0 aliphatic carbocycles. The SMILES string of the molecule is Cc1ccc(-c2ccc(CF)c(F)c2)nc1. The van der Waals surface area contributed by atoms with E-state index in [1.807, 2.05) is 19.1 Å². The lowest BCUT2D eigenvalue weighted by atomic mass is 10.1. The quantitative estimate of drug-likeness (QED) is 0.751. The van der Waals surface area contributed by atoms with Crippen molar-refractivity contribution in [1.29, 1.82) is 0 Å². The van der Waals surface area contributed by atoms with E-state index < -0.39 is 12.5 Å². The molecule has 0 N–H and O–H groups in total. The number of halogens is 2. The number of hydrogen-bond donors (Lipinski definition) is 0. The Hall–Kier alpha value is -1.77. The Morgan fingerprint density at radius 3 is 2.56 bits per heavy atom. The van der Waals surface area contributed by atoms with Crippen molar-refractivity contribution in [2.75, 3.05) is 0 Å². The third-order valence-electron chi connectivity index (χ3n) is 2.40. The van der Waals surface area contributed by atoms with Crippen LogP contribution in [0.1, 0.15) is 11.1 Å². The van der Waals surface area contributed by atoms with Crippen LogP contribution in [-0.2, 0) is 6.67 Å². The first kappa shape index (κ1) is 10.7. The molecule has 3 heteroatoms. The molecule has 1 heterocycles. The average molecular weight is 219 g/mol. The van der Waals surface area contributed by atoms with Crippen molar-refractivity contribution < 1.29 is 8.78 Å². The molecule has 82 valence electrons. The molecular weight excluding hydrogens is 208 g/mol. The fraction of sp³-hybridized carbons (Fsp3) is 0.154. The number of alkyl halides is 1. The second-order valence-electron chi connectivity index (χ2n) is 3.66. The summed E-state index contributed by atoms with van der Waals surface area (Å²) < 4.78 is 25.7. The molecule has 0 bridgehead atoms. The number of hydrogen-bond acceptors (Lipinski definition) is 1. The van der Waals surface area contributed by atoms with Gasteiger partial charge in [0.25, 0.3) is 0 Å². The highest BCUT2D eigenvalue weighted by Gasteiger charge is 2.05. The highest BCUT2D eigenvalue weighted by Crippen LogP contribution is 2.20. The van der Waals surface area contributed by atoms with Crippen LogP contribution in [-0.4, -0.2) is 4.98 Å². The van der Waals surface area contributed by atoms with Gasteiger partial charge in [-0.2, -0.15) is 0 Å². The van der Waals surface area contributed by atoms with Crippen molar-refractivity contribution >= 4 is 0 Å². The normalized spacial score (nSPS) is 10.4. The zero-order valence-corrected chi connectivity index (χ0v) is 8.87. The first-order valence-electron chi connectivity index (χ1n) is 4.98. The summed E-state index contributed by atoms with van der Waals surface area (Å²) in [6, 6.07) is 8.16. The largest absolute Gasteiger partial charge is 0.256 e. The minimum absolute atomic E-state index is 0.0795. The minimum Gasteiger partial charge on any atom is -0.256 e. The topological polar surface area (TPSA) is 12.9 Å². The van der Waals surface area contributed by atoms with Crippen molar-refractivity contribution in [3.05, 3.63) is 53.5 Å². The van der Waals surface area contributed by atoms with E-state index in [1.165, 1.54) is 12.1 Å². The zero-order valence-electron chi connectivity index (χ0n) is 8.87. The Kier molecular flexibility index (Phi) is 2.95. The van der Waals surface area contributed by atoms with Gasteiger partial charge in [0.15, 0.2) is 0 Å². The van der Waals surface area contributed by atoms with Gasteiger partial charge in [-0.05, 0) is 24.6 Å². The Bertz CT molecular complexity index is 492. The maximum Gasteiger partial charge on any atom is 0.129 e. The van der Waals surface area contributed by atoms with Gasteiger partial charge in [0.1, 0.15) is 12.5 Å². The lowest BCUT2D eigenvalue weighted by Gasteiger charge is -2.03. The van der Waals surface area contributed by atoms with Crippen LogP contribution in [0.3, 0.4) is 0 Å². The van der Waals surface area contributed by atoms with Gasteiger partial charge in [-0.15, -0.1) is 0 Å². The summed E-state index contributed by atoms with van der Waals surface area (Å²) in [4.78, 5) is 4.18. The van der Waals surface area contributed by atoms with Crippen LogP contribution in [0.4, 0.5) is 8.78 Å². The number of aryl methyl sites for hydroxylation is 1. The third kappa shape index (κ3) is 2.08. The van der Waals surface area contributed by atoms with E-state index in [0.29, 0.717) is 11.3 Å². The van der Waals surface area contributed by atoms with E-state index in [-0.39, 0.29) is 5.56 Å². The molecule has 0 saturated heterocycles. The molecule has 1 nitrogen and oxygen atoms in total. The van der Waals surface area contributed by atoms with Crippen molar-refractivity contribution in [2.45, 2.75) is 13.6 Å². The number of pyridine rings is 1. The first-order valence-corrected chi connectivity index (χ1v) is 4.98. The van der Waals surface area contributed by atoms with Crippen molar-refractivity contribution in [1.82, 2.24) is 4.98 Å². The molecule has 0 radical (unpaired) electrons. The van der Waals surface area contributed by atoms with Gasteiger partial charge in [-0.3, -0.25) is 4.98 Å². The first-order chi connectivity index (χ1) is 7.70. The summed E-state index contributed by atoms with van der Waals surface area (Å²) in [6.07, 6.45) is 1.72. The molecule has 2 aromatic rings. The monoisotopic (exact) mass is 219 g/mol. The van der Waals surface area contributed by atoms with Gasteiger partial charge in [0.2, 0.25) is 0 Å². The van der Waals surface area contributed by atoms with Crippen LogP contribution in [0.25, 0.3) is 11.3 Å². The van der Waals surface area contributed by atoms with Crippen LogP contribution >= 0.6 is 0 Å². The van der Waals surface area contributed by atoms with Crippen LogP contribution in [0.2, 0.25) is 0 Å². The molecule has 16 heavy (non-hydrogen) atoms. The maximum absolute atomic E-state index is 13.3. The molecule has 2 rings (SSSR count). The zero-order chi connectivity index (χ0) is 11.5. The highest BCUT2D eigenvalue weighted by molar-refractivity contribution is 5.59. The summed E-state index contributed by atoms with van der Waals surface area (Å²) in [7, 11) is 0. The van der Waals surface area contributed by atoms with Crippen molar-refractivity contribution in [2.24, 2.45) is 0 Å². The van der Waals surface area contributed by atoms with Gasteiger partial charge in [0, 0.05) is 17.3 Å². The minimum atomic E-state index is -0.784. The van der Waals surface area contributed by atoms with E-state index in [0.717, 1.165) is 5.56 Å². The van der Waals surface area contributed by atoms with Crippen LogP contribution in [0.15, 0.2) is 36.5 Å². The molecule has 0 fully saturated rings. The van der Waals surface area contributed by atoms with E-state index in [1.54, 1.807) is 12.3 Å². The maximum atomic E-state index is 13.3. The summed E-state index contributed by atoms with van der Waals surface area (Å²) in [5.74, 6) is -0.526. The fourth-order valence-electron chi connectivity index (χ4n) is 1.45. The second kappa shape index (κ2) is 4.39. The molecule has 1 aromatic heterocycles. The summed E-state index contributed by atoms with van der Waals surface area (Å²) in [5.41, 5.74) is 2.48. The molecular formula is C13H11F2N. The predicted octanol–water partition coefficient (Wildman–Crippen LogP) is 3.67. The summed E-state index contributed by atoms with van der Waals surface area (Å²) >= 11 is 0. The molecule has 0 spiro atoms. The summed E-state index contributed by atoms with van der Waals surface area (Å²) in [6.45, 7) is 1.15. The smallest absolute Gasteiger partial charge is 0.129 e. The molecule has 0 amide bonds.